The molecule has 4 nitrogen and oxygen atoms in total. The standard InChI is InChI=1S/C16H27NO3/c1-20-13-8-6-12(7-9-13)17-14-5-3-2-4-11(14)10-15(17)16(18)19/h11-15H,2-10H2,1H3,(H,18,19). The normalized spacial score (nSPS) is 42.4. The first-order valence-electron chi connectivity index (χ1n) is 8.23. The van der Waals surface area contributed by atoms with Crippen molar-refractivity contribution in [3.63, 3.8) is 0 Å². The molecular formula is C16H27NO3. The van der Waals surface area contributed by atoms with Crippen LogP contribution in [0, 0.1) is 5.92 Å². The summed E-state index contributed by atoms with van der Waals surface area (Å²) in [7, 11) is 1.79. The molecule has 3 unspecified atom stereocenters. The van der Waals surface area contributed by atoms with Crippen molar-refractivity contribution in [2.24, 2.45) is 5.92 Å². The highest BCUT2D eigenvalue weighted by Gasteiger charge is 2.48. The molecule has 2 saturated carbocycles. The molecule has 0 amide bonds. The van der Waals surface area contributed by atoms with Crippen LogP contribution in [0.2, 0.25) is 0 Å². The van der Waals surface area contributed by atoms with Crippen molar-refractivity contribution in [1.82, 2.24) is 4.90 Å². The summed E-state index contributed by atoms with van der Waals surface area (Å²) in [5.74, 6) is 0.0262. The van der Waals surface area contributed by atoms with Crippen LogP contribution in [0.15, 0.2) is 0 Å². The van der Waals surface area contributed by atoms with Gasteiger partial charge in [-0.2, -0.15) is 0 Å². The molecular weight excluding hydrogens is 254 g/mol. The number of nitrogens with zero attached hydrogens (tertiary/aromatic N) is 1. The second-order valence-corrected chi connectivity index (χ2v) is 6.82. The Kier molecular flexibility index (Phi) is 4.32. The van der Waals surface area contributed by atoms with E-state index >= 15 is 0 Å². The van der Waals surface area contributed by atoms with Gasteiger partial charge in [-0.15, -0.1) is 0 Å². The van der Waals surface area contributed by atoms with E-state index in [4.69, 9.17) is 4.74 Å². The minimum Gasteiger partial charge on any atom is -0.480 e. The summed E-state index contributed by atoms with van der Waals surface area (Å²) in [4.78, 5) is 14.1. The molecule has 0 spiro atoms. The maximum Gasteiger partial charge on any atom is 0.320 e. The van der Waals surface area contributed by atoms with E-state index in [1.807, 2.05) is 0 Å². The van der Waals surface area contributed by atoms with Gasteiger partial charge in [0, 0.05) is 19.2 Å². The highest BCUT2D eigenvalue weighted by Crippen LogP contribution is 2.43. The van der Waals surface area contributed by atoms with Gasteiger partial charge in [-0.3, -0.25) is 9.69 Å². The summed E-state index contributed by atoms with van der Waals surface area (Å²) in [5, 5.41) is 9.59. The maximum absolute atomic E-state index is 11.7. The Bertz CT molecular complexity index is 352. The van der Waals surface area contributed by atoms with Crippen LogP contribution in [0.3, 0.4) is 0 Å². The maximum atomic E-state index is 11.7. The minimum absolute atomic E-state index is 0.229. The summed E-state index contributed by atoms with van der Waals surface area (Å²) in [6.07, 6.45) is 10.6. The van der Waals surface area contributed by atoms with Crippen LogP contribution in [-0.4, -0.2) is 47.3 Å². The summed E-state index contributed by atoms with van der Waals surface area (Å²) in [6, 6.07) is 0.775. The minimum atomic E-state index is -0.603. The predicted octanol–water partition coefficient (Wildman–Crippen LogP) is 2.66. The van der Waals surface area contributed by atoms with Gasteiger partial charge < -0.3 is 9.84 Å². The first-order valence-corrected chi connectivity index (χ1v) is 8.23. The monoisotopic (exact) mass is 281 g/mol. The fourth-order valence-corrected chi connectivity index (χ4v) is 4.83. The lowest BCUT2D eigenvalue weighted by Gasteiger charge is -2.41. The van der Waals surface area contributed by atoms with Gasteiger partial charge >= 0.3 is 5.97 Å². The first-order chi connectivity index (χ1) is 9.70. The Morgan fingerprint density at radius 2 is 1.80 bits per heavy atom. The Morgan fingerprint density at radius 3 is 2.45 bits per heavy atom. The van der Waals surface area contributed by atoms with Crippen LogP contribution in [0.4, 0.5) is 0 Å². The van der Waals surface area contributed by atoms with Crippen molar-refractivity contribution in [1.29, 1.82) is 0 Å². The average Bonchev–Trinajstić information content (AvgIpc) is 2.87. The number of ether oxygens (including phenoxy) is 1. The summed E-state index contributed by atoms with van der Waals surface area (Å²) in [5.41, 5.74) is 0. The molecule has 1 N–H and O–H groups in total. The number of hydrogen-bond acceptors (Lipinski definition) is 3. The second-order valence-electron chi connectivity index (χ2n) is 6.82. The van der Waals surface area contributed by atoms with Crippen molar-refractivity contribution in [3.05, 3.63) is 0 Å². The molecule has 1 aliphatic heterocycles. The molecule has 0 aromatic rings. The topological polar surface area (TPSA) is 49.8 Å². The van der Waals surface area contributed by atoms with Crippen molar-refractivity contribution in [2.45, 2.75) is 82.0 Å². The lowest BCUT2D eigenvalue weighted by atomic mass is 9.83. The van der Waals surface area contributed by atoms with Gasteiger partial charge in [-0.05, 0) is 50.9 Å². The number of rotatable bonds is 3. The highest BCUT2D eigenvalue weighted by molar-refractivity contribution is 5.74. The van der Waals surface area contributed by atoms with Crippen molar-refractivity contribution >= 4 is 5.97 Å². The van der Waals surface area contributed by atoms with Crippen molar-refractivity contribution in [3.8, 4) is 0 Å². The van der Waals surface area contributed by atoms with Crippen LogP contribution >= 0.6 is 0 Å². The number of aliphatic carboxylic acids is 1. The van der Waals surface area contributed by atoms with E-state index in [0.717, 1.165) is 32.1 Å². The molecule has 3 rings (SSSR count). The average molecular weight is 281 g/mol. The van der Waals surface area contributed by atoms with E-state index in [9.17, 15) is 9.90 Å². The van der Waals surface area contributed by atoms with E-state index in [-0.39, 0.29) is 6.04 Å². The van der Waals surface area contributed by atoms with E-state index in [0.29, 0.717) is 24.1 Å². The first kappa shape index (κ1) is 14.3. The van der Waals surface area contributed by atoms with E-state index in [1.54, 1.807) is 7.11 Å². The van der Waals surface area contributed by atoms with Gasteiger partial charge in [-0.1, -0.05) is 12.8 Å². The zero-order chi connectivity index (χ0) is 14.1. The second kappa shape index (κ2) is 6.02. The molecule has 3 aliphatic rings. The fourth-order valence-electron chi connectivity index (χ4n) is 4.83. The zero-order valence-electron chi connectivity index (χ0n) is 12.5. The molecule has 1 heterocycles. The third-order valence-electron chi connectivity index (χ3n) is 5.82. The van der Waals surface area contributed by atoms with Crippen LogP contribution in [-0.2, 0) is 9.53 Å². The number of methoxy groups -OCH3 is 1. The number of carbonyl (C=O) groups is 1. The van der Waals surface area contributed by atoms with Gasteiger partial charge in [0.15, 0.2) is 0 Å². The lowest BCUT2D eigenvalue weighted by Crippen LogP contribution is -2.50. The Morgan fingerprint density at radius 1 is 1.10 bits per heavy atom. The van der Waals surface area contributed by atoms with E-state index in [2.05, 4.69) is 4.90 Å². The molecule has 1 saturated heterocycles. The number of fused-ring (bicyclic) bond motifs is 1. The van der Waals surface area contributed by atoms with Crippen molar-refractivity contribution in [2.75, 3.05) is 7.11 Å². The summed E-state index contributed by atoms with van der Waals surface area (Å²) >= 11 is 0. The fraction of sp³-hybridized carbons (Fsp3) is 0.938. The molecule has 0 aromatic carbocycles. The molecule has 3 fully saturated rings. The third-order valence-corrected chi connectivity index (χ3v) is 5.82. The number of hydrogen-bond donors (Lipinski definition) is 1. The molecule has 20 heavy (non-hydrogen) atoms. The quantitative estimate of drug-likeness (QED) is 0.864. The molecule has 0 aromatic heterocycles. The molecule has 0 bridgehead atoms. The smallest absolute Gasteiger partial charge is 0.320 e. The van der Waals surface area contributed by atoms with Crippen LogP contribution in [0.5, 0.6) is 0 Å². The summed E-state index contributed by atoms with van der Waals surface area (Å²) < 4.78 is 5.45. The van der Waals surface area contributed by atoms with Gasteiger partial charge in [0.05, 0.1) is 6.10 Å². The SMILES string of the molecule is COC1CCC(N2C(C(=O)O)CC3CCCCC32)CC1. The largest absolute Gasteiger partial charge is 0.480 e. The van der Waals surface area contributed by atoms with Crippen molar-refractivity contribution < 1.29 is 14.6 Å². The summed E-state index contributed by atoms with van der Waals surface area (Å²) in [6.45, 7) is 0. The predicted molar refractivity (Wildman–Crippen MR) is 76.7 cm³/mol. The van der Waals surface area contributed by atoms with E-state index < -0.39 is 5.97 Å². The Balaban J connectivity index is 1.72. The third kappa shape index (κ3) is 2.60. The van der Waals surface area contributed by atoms with Gasteiger partial charge in [0.1, 0.15) is 6.04 Å². The molecule has 0 radical (unpaired) electrons. The zero-order valence-corrected chi connectivity index (χ0v) is 12.5. The van der Waals surface area contributed by atoms with Crippen LogP contribution in [0.25, 0.3) is 0 Å². The van der Waals surface area contributed by atoms with E-state index in [1.165, 1.54) is 25.7 Å². The van der Waals surface area contributed by atoms with Gasteiger partial charge in [0.25, 0.3) is 0 Å². The Hall–Kier alpha value is -0.610. The van der Waals surface area contributed by atoms with Crippen LogP contribution in [0.1, 0.15) is 57.8 Å². The molecule has 4 heteroatoms. The molecule has 3 atom stereocenters. The van der Waals surface area contributed by atoms with Gasteiger partial charge in [-0.25, -0.2) is 0 Å². The number of carboxylic acid groups (broad SMARTS) is 1. The highest BCUT2D eigenvalue weighted by atomic mass is 16.5. The number of likely N-dealkylation sites (tertiary alicyclic amines) is 1. The molecule has 114 valence electrons. The van der Waals surface area contributed by atoms with Gasteiger partial charge in [0.2, 0.25) is 0 Å². The Labute approximate surface area is 121 Å². The lowest BCUT2D eigenvalue weighted by molar-refractivity contribution is -0.144. The molecule has 2 aliphatic carbocycles. The number of carboxylic acids is 1. The van der Waals surface area contributed by atoms with Crippen LogP contribution < -0.4 is 0 Å².